The molecule has 0 aromatic carbocycles. The molecule has 1 aliphatic rings. The van der Waals surface area contributed by atoms with Crippen molar-refractivity contribution in [2.24, 2.45) is 5.73 Å². The summed E-state index contributed by atoms with van der Waals surface area (Å²) in [6, 6.07) is -0.108. The van der Waals surface area contributed by atoms with E-state index in [2.05, 4.69) is 22.9 Å². The van der Waals surface area contributed by atoms with E-state index in [1.54, 1.807) is 0 Å². The molecule has 6 nitrogen and oxygen atoms in total. The molecule has 0 saturated carbocycles. The molecule has 1 rings (SSSR count). The van der Waals surface area contributed by atoms with Gasteiger partial charge >= 0.3 is 11.8 Å². The predicted molar refractivity (Wildman–Crippen MR) is 61.8 cm³/mol. The molecule has 7 heteroatoms. The van der Waals surface area contributed by atoms with E-state index < -0.39 is 11.8 Å². The van der Waals surface area contributed by atoms with E-state index in [9.17, 15) is 9.59 Å². The molecule has 1 heterocycles. The molecule has 0 bridgehead atoms. The lowest BCUT2D eigenvalue weighted by molar-refractivity contribution is -0.139. The Morgan fingerprint density at radius 3 is 2.69 bits per heavy atom. The van der Waals surface area contributed by atoms with Crippen molar-refractivity contribution in [2.45, 2.75) is 25.5 Å². The van der Waals surface area contributed by atoms with Crippen LogP contribution in [-0.4, -0.2) is 42.1 Å². The molecular weight excluding hydrogens is 230 g/mol. The van der Waals surface area contributed by atoms with Gasteiger partial charge in [-0.05, 0) is 13.3 Å². The second-order valence-electron chi connectivity index (χ2n) is 3.59. The van der Waals surface area contributed by atoms with Crippen molar-refractivity contribution in [2.75, 3.05) is 13.2 Å². The van der Waals surface area contributed by atoms with Crippen molar-refractivity contribution in [3.8, 4) is 0 Å². The van der Waals surface area contributed by atoms with E-state index in [1.165, 1.54) is 0 Å². The maximum atomic E-state index is 11.4. The Labute approximate surface area is 98.9 Å². The third-order valence-corrected chi connectivity index (χ3v) is 2.47. The lowest BCUT2D eigenvalue weighted by Gasteiger charge is -2.15. The van der Waals surface area contributed by atoms with Gasteiger partial charge in [0.1, 0.15) is 0 Å². The molecule has 2 unspecified atom stereocenters. The topological polar surface area (TPSA) is 93.4 Å². The Hall–Kier alpha value is -1.21. The Kier molecular flexibility index (Phi) is 4.63. The summed E-state index contributed by atoms with van der Waals surface area (Å²) >= 11 is 4.57. The molecule has 2 atom stereocenters. The summed E-state index contributed by atoms with van der Waals surface area (Å²) in [5.74, 6) is -1.41. The van der Waals surface area contributed by atoms with Gasteiger partial charge in [0.15, 0.2) is 0 Å². The van der Waals surface area contributed by atoms with Gasteiger partial charge in [0.2, 0.25) is 0 Å². The monoisotopic (exact) mass is 245 g/mol. The summed E-state index contributed by atoms with van der Waals surface area (Å²) in [6.45, 7) is 2.48. The van der Waals surface area contributed by atoms with Gasteiger partial charge in [-0.25, -0.2) is 0 Å². The minimum absolute atomic E-state index is 0.0261. The molecule has 0 aromatic heterocycles. The van der Waals surface area contributed by atoms with Crippen LogP contribution >= 0.6 is 12.2 Å². The number of amides is 2. The number of hydrogen-bond acceptors (Lipinski definition) is 4. The van der Waals surface area contributed by atoms with E-state index in [0.717, 1.165) is 6.42 Å². The fraction of sp³-hybridized carbons (Fsp3) is 0.667. The lowest BCUT2D eigenvalue weighted by Crippen LogP contribution is -2.48. The third-order valence-electron chi connectivity index (χ3n) is 2.32. The zero-order chi connectivity index (χ0) is 12.1. The van der Waals surface area contributed by atoms with Crippen molar-refractivity contribution in [1.29, 1.82) is 0 Å². The van der Waals surface area contributed by atoms with Crippen molar-refractivity contribution in [3.63, 3.8) is 0 Å². The Morgan fingerprint density at radius 2 is 2.19 bits per heavy atom. The Bertz CT molecular complexity index is 308. The number of rotatable bonds is 3. The molecule has 0 spiro atoms. The van der Waals surface area contributed by atoms with Crippen LogP contribution in [0.5, 0.6) is 0 Å². The Balaban J connectivity index is 2.33. The average molecular weight is 245 g/mol. The van der Waals surface area contributed by atoms with Crippen LogP contribution in [0.25, 0.3) is 0 Å². The van der Waals surface area contributed by atoms with Gasteiger partial charge in [0.25, 0.3) is 0 Å². The number of ether oxygens (including phenoxy) is 1. The summed E-state index contributed by atoms with van der Waals surface area (Å²) in [4.78, 5) is 22.8. The second kappa shape index (κ2) is 5.76. The highest BCUT2D eigenvalue weighted by Crippen LogP contribution is 2.11. The van der Waals surface area contributed by atoms with Crippen LogP contribution in [0.3, 0.4) is 0 Å². The summed E-state index contributed by atoms with van der Waals surface area (Å²) in [7, 11) is 0. The van der Waals surface area contributed by atoms with Crippen LogP contribution in [0, 0.1) is 0 Å². The minimum atomic E-state index is -0.730. The first kappa shape index (κ1) is 12.9. The molecule has 1 fully saturated rings. The number of carbonyl (C=O) groups is 2. The number of carbonyl (C=O) groups excluding carboxylic acids is 2. The highest BCUT2D eigenvalue weighted by atomic mass is 32.1. The predicted octanol–water partition coefficient (Wildman–Crippen LogP) is -1.32. The van der Waals surface area contributed by atoms with Crippen molar-refractivity contribution < 1.29 is 14.3 Å². The minimum Gasteiger partial charge on any atom is -0.392 e. The molecule has 2 amide bonds. The van der Waals surface area contributed by atoms with E-state index in [4.69, 9.17) is 10.5 Å². The molecule has 0 radical (unpaired) electrons. The quantitative estimate of drug-likeness (QED) is 0.424. The van der Waals surface area contributed by atoms with Crippen LogP contribution in [0.15, 0.2) is 0 Å². The molecule has 0 aliphatic carbocycles. The molecule has 1 aliphatic heterocycles. The normalized spacial score (nSPS) is 23.8. The highest BCUT2D eigenvalue weighted by molar-refractivity contribution is 7.80. The molecular formula is C9H15N3O3S. The fourth-order valence-corrected chi connectivity index (χ4v) is 1.48. The highest BCUT2D eigenvalue weighted by Gasteiger charge is 2.27. The first-order valence-electron chi connectivity index (χ1n) is 4.99. The number of hydrogen-bond donors (Lipinski definition) is 3. The fourth-order valence-electron chi connectivity index (χ4n) is 1.40. The number of thiocarbonyl (C=S) groups is 1. The van der Waals surface area contributed by atoms with Crippen LogP contribution in [0.4, 0.5) is 0 Å². The Morgan fingerprint density at radius 1 is 1.50 bits per heavy atom. The molecule has 4 N–H and O–H groups in total. The standard InChI is InChI=1S/C9H15N3O3S/c1-5-6(2-3-15-5)12-9(14)8(13)11-4-7(10)16/h5-6H,2-4H2,1H3,(H2,10,16)(H,11,13)(H,12,14). The van der Waals surface area contributed by atoms with E-state index in [-0.39, 0.29) is 23.7 Å². The first-order chi connectivity index (χ1) is 7.50. The van der Waals surface area contributed by atoms with E-state index >= 15 is 0 Å². The zero-order valence-electron chi connectivity index (χ0n) is 8.99. The van der Waals surface area contributed by atoms with E-state index in [1.807, 2.05) is 6.92 Å². The zero-order valence-corrected chi connectivity index (χ0v) is 9.80. The van der Waals surface area contributed by atoms with Gasteiger partial charge in [-0.3, -0.25) is 9.59 Å². The van der Waals surface area contributed by atoms with E-state index in [0.29, 0.717) is 6.61 Å². The van der Waals surface area contributed by atoms with Crippen LogP contribution < -0.4 is 16.4 Å². The van der Waals surface area contributed by atoms with Gasteiger partial charge < -0.3 is 21.1 Å². The van der Waals surface area contributed by atoms with Crippen molar-refractivity contribution in [1.82, 2.24) is 10.6 Å². The van der Waals surface area contributed by atoms with Crippen LogP contribution in [0.1, 0.15) is 13.3 Å². The smallest absolute Gasteiger partial charge is 0.309 e. The van der Waals surface area contributed by atoms with Crippen LogP contribution in [0.2, 0.25) is 0 Å². The summed E-state index contributed by atoms with van der Waals surface area (Å²) in [5.41, 5.74) is 5.19. The third kappa shape index (κ3) is 3.74. The maximum Gasteiger partial charge on any atom is 0.309 e. The lowest BCUT2D eigenvalue weighted by atomic mass is 10.1. The molecule has 16 heavy (non-hydrogen) atoms. The van der Waals surface area contributed by atoms with Gasteiger partial charge in [-0.1, -0.05) is 12.2 Å². The van der Waals surface area contributed by atoms with Crippen molar-refractivity contribution >= 4 is 29.0 Å². The SMILES string of the molecule is CC1OCCC1NC(=O)C(=O)NCC(N)=S. The van der Waals surface area contributed by atoms with Gasteiger partial charge in [-0.15, -0.1) is 0 Å². The first-order valence-corrected chi connectivity index (χ1v) is 5.40. The summed E-state index contributed by atoms with van der Waals surface area (Å²) in [5, 5.41) is 4.90. The van der Waals surface area contributed by atoms with Crippen molar-refractivity contribution in [3.05, 3.63) is 0 Å². The largest absolute Gasteiger partial charge is 0.392 e. The maximum absolute atomic E-state index is 11.4. The van der Waals surface area contributed by atoms with Gasteiger partial charge in [-0.2, -0.15) is 0 Å². The van der Waals surface area contributed by atoms with Gasteiger partial charge in [0, 0.05) is 6.61 Å². The number of nitrogens with one attached hydrogen (secondary N) is 2. The second-order valence-corrected chi connectivity index (χ2v) is 4.12. The number of nitrogens with two attached hydrogens (primary N) is 1. The average Bonchev–Trinajstić information content (AvgIpc) is 2.60. The summed E-state index contributed by atoms with van der Waals surface area (Å²) in [6.07, 6.45) is 0.655. The molecule has 90 valence electrons. The van der Waals surface area contributed by atoms with Gasteiger partial charge in [0.05, 0.1) is 23.7 Å². The van der Waals surface area contributed by atoms with Crippen LogP contribution in [-0.2, 0) is 14.3 Å². The molecule has 1 saturated heterocycles. The molecule has 0 aromatic rings. The summed E-state index contributed by atoms with van der Waals surface area (Å²) < 4.78 is 5.26.